The van der Waals surface area contributed by atoms with E-state index in [1.165, 1.54) is 106 Å². The maximum atomic E-state index is 2.49. The van der Waals surface area contributed by atoms with Crippen LogP contribution in [0.4, 0.5) is 0 Å². The van der Waals surface area contributed by atoms with Gasteiger partial charge in [0.05, 0.1) is 31.5 Å². The summed E-state index contributed by atoms with van der Waals surface area (Å²) in [6, 6.07) is 62.7. The van der Waals surface area contributed by atoms with Crippen molar-refractivity contribution in [2.75, 3.05) is 0 Å². The lowest BCUT2D eigenvalue weighted by atomic mass is 10.0. The summed E-state index contributed by atoms with van der Waals surface area (Å²) in [5.41, 5.74) is 9.75. The minimum atomic E-state index is 1.17. The Kier molecular flexibility index (Phi) is 5.84. The van der Waals surface area contributed by atoms with E-state index in [1.54, 1.807) is 0 Å². The maximum absolute atomic E-state index is 2.49. The molecule has 8 aromatic carbocycles. The Bertz CT molecular complexity index is 3190. The van der Waals surface area contributed by atoms with E-state index in [4.69, 9.17) is 0 Å². The normalized spacial score (nSPS) is 12.2. The topological polar surface area (TPSA) is 9.86 Å². The molecule has 0 aliphatic heterocycles. The molecule has 4 heterocycles. The number of benzene rings is 8. The third kappa shape index (κ3) is 3.88. The summed E-state index contributed by atoms with van der Waals surface area (Å²) < 4.78 is 10.3. The van der Waals surface area contributed by atoms with Crippen molar-refractivity contribution in [1.82, 2.24) is 9.13 Å². The molecule has 0 atom stereocenters. The fraction of sp³-hybridized carbons (Fsp3) is 0. The van der Waals surface area contributed by atoms with Gasteiger partial charge in [0.2, 0.25) is 0 Å². The van der Waals surface area contributed by atoms with Gasteiger partial charge in [-0.05, 0) is 59.7 Å². The molecule has 0 N–H and O–H groups in total. The van der Waals surface area contributed by atoms with Crippen LogP contribution >= 0.6 is 22.7 Å². The Morgan fingerprint density at radius 2 is 0.712 bits per heavy atom. The molecule has 0 unspecified atom stereocenters. The number of aromatic nitrogens is 2. The van der Waals surface area contributed by atoms with Gasteiger partial charge in [-0.3, -0.25) is 0 Å². The highest BCUT2D eigenvalue weighted by Crippen LogP contribution is 2.45. The predicted octanol–water partition coefficient (Wildman–Crippen LogP) is 14.3. The van der Waals surface area contributed by atoms with Gasteiger partial charge < -0.3 is 9.13 Å². The number of hydrogen-bond acceptors (Lipinski definition) is 2. The van der Waals surface area contributed by atoms with Gasteiger partial charge in [0.25, 0.3) is 0 Å². The summed E-state index contributed by atoms with van der Waals surface area (Å²) in [6.07, 6.45) is 0. The highest BCUT2D eigenvalue weighted by atomic mass is 32.1. The van der Waals surface area contributed by atoms with Crippen molar-refractivity contribution in [3.05, 3.63) is 170 Å². The summed E-state index contributed by atoms with van der Waals surface area (Å²) >= 11 is 3.79. The van der Waals surface area contributed by atoms with Crippen LogP contribution in [0.5, 0.6) is 0 Å². The average molecular weight is 697 g/mol. The van der Waals surface area contributed by atoms with E-state index in [2.05, 4.69) is 179 Å². The standard InChI is InChI=1S/C48H28N2S2/c1-5-19-41-33(15-1)37-23-25-39-35-17-3-7-21-43(35)51-47(39)45(37)49(41)31-13-9-11-29(27-31)30-12-10-14-32(28-30)50-42-20-6-2-16-34(42)38-24-26-40-36-18-4-8-22-44(36)52-48(40)46(38)50/h1-28H. The van der Waals surface area contributed by atoms with E-state index < -0.39 is 0 Å². The van der Waals surface area contributed by atoms with Gasteiger partial charge in [-0.2, -0.15) is 0 Å². The summed E-state index contributed by atoms with van der Waals surface area (Å²) in [5.74, 6) is 0. The van der Waals surface area contributed by atoms with E-state index in [1.807, 2.05) is 22.7 Å². The summed E-state index contributed by atoms with van der Waals surface area (Å²) in [7, 11) is 0. The van der Waals surface area contributed by atoms with Gasteiger partial charge in [-0.15, -0.1) is 22.7 Å². The van der Waals surface area contributed by atoms with Gasteiger partial charge in [0.15, 0.2) is 0 Å². The first-order valence-electron chi connectivity index (χ1n) is 17.7. The lowest BCUT2D eigenvalue weighted by Gasteiger charge is -2.13. The quantitative estimate of drug-likeness (QED) is 0.174. The van der Waals surface area contributed by atoms with E-state index in [0.29, 0.717) is 0 Å². The highest BCUT2D eigenvalue weighted by Gasteiger charge is 2.20. The highest BCUT2D eigenvalue weighted by molar-refractivity contribution is 7.27. The minimum Gasteiger partial charge on any atom is -0.308 e. The molecule has 12 rings (SSSR count). The molecular formula is C48H28N2S2. The number of nitrogens with zero attached hydrogens (tertiary/aromatic N) is 2. The molecule has 12 aromatic rings. The molecule has 0 radical (unpaired) electrons. The Morgan fingerprint density at radius 3 is 1.19 bits per heavy atom. The monoisotopic (exact) mass is 696 g/mol. The van der Waals surface area contributed by atoms with Gasteiger partial charge >= 0.3 is 0 Å². The van der Waals surface area contributed by atoms with Crippen LogP contribution in [0.2, 0.25) is 0 Å². The van der Waals surface area contributed by atoms with Crippen LogP contribution in [0.15, 0.2) is 170 Å². The smallest absolute Gasteiger partial charge is 0.0719 e. The third-order valence-electron chi connectivity index (χ3n) is 10.9. The minimum absolute atomic E-state index is 1.17. The Balaban J connectivity index is 1.09. The Morgan fingerprint density at radius 1 is 0.308 bits per heavy atom. The molecule has 0 fully saturated rings. The molecule has 0 bridgehead atoms. The second kappa shape index (κ2) is 10.7. The van der Waals surface area contributed by atoms with Gasteiger partial charge in [0, 0.05) is 63.9 Å². The number of thiophene rings is 2. The first-order valence-corrected chi connectivity index (χ1v) is 19.3. The number of rotatable bonds is 3. The summed E-state index contributed by atoms with van der Waals surface area (Å²) in [5, 5.41) is 10.4. The van der Waals surface area contributed by atoms with Gasteiger partial charge in [-0.25, -0.2) is 0 Å². The molecule has 242 valence electrons. The van der Waals surface area contributed by atoms with Crippen molar-refractivity contribution in [3.63, 3.8) is 0 Å². The van der Waals surface area contributed by atoms with Crippen molar-refractivity contribution < 1.29 is 0 Å². The SMILES string of the molecule is c1cc(-c2cccc(-n3c4ccccc4c4ccc5c6ccccc6sc5c43)c2)cc(-n2c3ccccc3c3ccc4c5ccccc5sc4c32)c1. The Labute approximate surface area is 306 Å². The van der Waals surface area contributed by atoms with Crippen LogP contribution in [0.3, 0.4) is 0 Å². The summed E-state index contributed by atoms with van der Waals surface area (Å²) in [6.45, 7) is 0. The van der Waals surface area contributed by atoms with Crippen LogP contribution in [0, 0.1) is 0 Å². The van der Waals surface area contributed by atoms with E-state index in [-0.39, 0.29) is 0 Å². The summed E-state index contributed by atoms with van der Waals surface area (Å²) in [4.78, 5) is 0. The molecule has 0 saturated carbocycles. The molecule has 0 aliphatic carbocycles. The van der Waals surface area contributed by atoms with E-state index >= 15 is 0 Å². The number of fused-ring (bicyclic) bond motifs is 14. The molecular weight excluding hydrogens is 669 g/mol. The molecule has 0 amide bonds. The van der Waals surface area contributed by atoms with Gasteiger partial charge in [0.1, 0.15) is 0 Å². The largest absolute Gasteiger partial charge is 0.308 e. The number of hydrogen-bond donors (Lipinski definition) is 0. The molecule has 4 heteroatoms. The molecule has 52 heavy (non-hydrogen) atoms. The van der Waals surface area contributed by atoms with Crippen molar-refractivity contribution in [2.24, 2.45) is 0 Å². The van der Waals surface area contributed by atoms with Crippen molar-refractivity contribution in [2.45, 2.75) is 0 Å². The fourth-order valence-electron chi connectivity index (χ4n) is 8.65. The number of para-hydroxylation sites is 2. The second-order valence-corrected chi connectivity index (χ2v) is 15.8. The van der Waals surface area contributed by atoms with E-state index in [9.17, 15) is 0 Å². The lowest BCUT2D eigenvalue weighted by Crippen LogP contribution is -1.96. The van der Waals surface area contributed by atoms with Crippen molar-refractivity contribution in [1.29, 1.82) is 0 Å². The average Bonchev–Trinajstić information content (AvgIpc) is 3.95. The zero-order chi connectivity index (χ0) is 33.9. The van der Waals surface area contributed by atoms with Gasteiger partial charge in [-0.1, -0.05) is 121 Å². The fourth-order valence-corrected chi connectivity index (χ4v) is 11.1. The zero-order valence-corrected chi connectivity index (χ0v) is 29.5. The van der Waals surface area contributed by atoms with Crippen LogP contribution in [0.1, 0.15) is 0 Å². The zero-order valence-electron chi connectivity index (χ0n) is 27.9. The van der Waals surface area contributed by atoms with E-state index in [0.717, 1.165) is 0 Å². The molecule has 2 nitrogen and oxygen atoms in total. The predicted molar refractivity (Wildman–Crippen MR) is 226 cm³/mol. The lowest BCUT2D eigenvalue weighted by molar-refractivity contribution is 1.18. The van der Waals surface area contributed by atoms with Crippen LogP contribution in [-0.2, 0) is 0 Å². The third-order valence-corrected chi connectivity index (χ3v) is 13.3. The molecule has 0 spiro atoms. The first kappa shape index (κ1) is 28.5. The van der Waals surface area contributed by atoms with Crippen LogP contribution < -0.4 is 0 Å². The van der Waals surface area contributed by atoms with Crippen LogP contribution in [0.25, 0.3) is 106 Å². The molecule has 0 aliphatic rings. The molecule has 4 aromatic heterocycles. The first-order chi connectivity index (χ1) is 25.8. The Hall–Kier alpha value is -6.20. The second-order valence-electron chi connectivity index (χ2n) is 13.7. The van der Waals surface area contributed by atoms with Crippen LogP contribution in [-0.4, -0.2) is 9.13 Å². The van der Waals surface area contributed by atoms with Crippen molar-refractivity contribution in [3.8, 4) is 22.5 Å². The molecule has 0 saturated heterocycles. The maximum Gasteiger partial charge on any atom is 0.0719 e. The van der Waals surface area contributed by atoms with Crippen molar-refractivity contribution >= 4 is 107 Å².